The van der Waals surface area contributed by atoms with Crippen molar-refractivity contribution in [1.82, 2.24) is 5.32 Å². The molecule has 4 aliphatic carbocycles. The lowest BCUT2D eigenvalue weighted by molar-refractivity contribution is -0.404. The van der Waals surface area contributed by atoms with E-state index in [-0.39, 0.29) is 40.6 Å². The molecule has 30 nitrogen and oxygen atoms in total. The quantitative estimate of drug-likeness (QED) is 0.0536. The van der Waals surface area contributed by atoms with Crippen LogP contribution >= 0.6 is 0 Å². The Morgan fingerprint density at radius 2 is 1.06 bits per heavy atom. The van der Waals surface area contributed by atoms with Crippen LogP contribution in [-0.2, 0) is 61.6 Å². The summed E-state index contributed by atoms with van der Waals surface area (Å²) >= 11 is 0. The first-order valence-electron chi connectivity index (χ1n) is 31.5. The lowest BCUT2D eigenvalue weighted by Gasteiger charge is -2.61. The van der Waals surface area contributed by atoms with Crippen molar-refractivity contribution in [1.29, 1.82) is 0 Å². The normalized spacial score (nSPS) is 56.4. The van der Waals surface area contributed by atoms with Gasteiger partial charge in [0.1, 0.15) is 122 Å². The maximum absolute atomic E-state index is 13.0. The lowest BCUT2D eigenvalue weighted by atomic mass is 9.44. The second-order valence-electron chi connectivity index (χ2n) is 27.6. The molecule has 0 unspecified atom stereocenters. The van der Waals surface area contributed by atoms with Crippen molar-refractivity contribution < 1.29 is 143 Å². The summed E-state index contributed by atoms with van der Waals surface area (Å²) in [6.45, 7) is 6.73. The van der Waals surface area contributed by atoms with Crippen LogP contribution in [0.5, 0.6) is 0 Å². The number of carbonyl (C=O) groups excluding carboxylic acids is 1. The van der Waals surface area contributed by atoms with Gasteiger partial charge in [-0.15, -0.1) is 0 Å². The van der Waals surface area contributed by atoms with Gasteiger partial charge in [-0.25, -0.2) is 0 Å². The van der Waals surface area contributed by atoms with E-state index in [0.717, 1.165) is 38.5 Å². The number of aliphatic hydroxyl groups is 16. The van der Waals surface area contributed by atoms with Gasteiger partial charge in [0.25, 0.3) is 0 Å². The van der Waals surface area contributed by atoms with E-state index >= 15 is 0 Å². The van der Waals surface area contributed by atoms with Crippen LogP contribution in [0.2, 0.25) is 0 Å². The average Bonchev–Trinajstić information content (AvgIpc) is 1.50. The molecule has 0 bridgehead atoms. The largest absolute Gasteiger partial charge is 0.455 e. The molecule has 11 aliphatic rings. The first kappa shape index (κ1) is 67.8. The number of fused-ring (bicyclic) bond motifs is 7. The Kier molecular flexibility index (Phi) is 20.4. The molecular weight excluding hydrogens is 1170 g/mol. The SMILES string of the molecule is CC(=O)O[C@@H]1[C@H](O[C@@H]2O[C@@H](CO)[C@@H](O)[C@H](O)[C@@H]2O)[C@@H](C)CN[C@@]12O[C@H]1C[C@H]3[C@@H]4CC[C@H]5C[C@@H](O[C@@H]6O[C@@H](CO)[C@H](O[C@@H]7O[C@@H](CO)[C@@H](O)[C@H](O[C@@H]8OC[C@@H](O)[C@H](O)[C@@H]8O)[C@@H]7O[C@@H]7O[C@@H](CO)[C@@H](O)[C@H](O)[C@@H]7O)[C@H](O)[C@@H]6O)CC[C@]5(C)[C@@H]4CC[C@]3(C)[C@H]1[C@@H]2C. The van der Waals surface area contributed by atoms with Crippen molar-refractivity contribution in [3.05, 3.63) is 0 Å². The zero-order chi connectivity index (χ0) is 63.4. The molecule has 7 saturated heterocycles. The summed E-state index contributed by atoms with van der Waals surface area (Å²) in [7, 11) is 0. The molecule has 0 aromatic heterocycles. The van der Waals surface area contributed by atoms with Gasteiger partial charge < -0.3 is 139 Å². The molecule has 0 aromatic carbocycles. The number of hydrogen-bond acceptors (Lipinski definition) is 30. The van der Waals surface area contributed by atoms with Crippen LogP contribution in [0.25, 0.3) is 0 Å². The molecule has 30 heteroatoms. The summed E-state index contributed by atoms with van der Waals surface area (Å²) in [6.07, 6.45) is -37.3. The van der Waals surface area contributed by atoms with Gasteiger partial charge in [-0.05, 0) is 97.7 Å². The monoisotopic (exact) mass is 1270 g/mol. The van der Waals surface area contributed by atoms with Crippen LogP contribution in [0.4, 0.5) is 0 Å². The number of rotatable bonds is 15. The highest BCUT2D eigenvalue weighted by Gasteiger charge is 2.72. The van der Waals surface area contributed by atoms with E-state index in [4.69, 9.17) is 56.8 Å². The standard InChI is InChI=1S/C58H95NO29/c1-20-14-59-58(50(78-22(3)64)46(20)84-53-43(74)39(70)36(67)30(15-60)80-53)21(2)34-29(88-58)13-27-25-7-6-23-12-24(8-10-56(23,4)26(25)9-11-57(27,34)5)79-52-45(76)41(72)47(33(18-63)83-52)85-55-49(87-54-44(75)40(71)37(68)31(16-61)81-54)48(38(69)32(17-62)82-55)86-51-42(73)35(66)28(65)19-77-51/h20-21,23-55,59-63,65-76H,6-19H2,1-5H3/t20-,21-,23-,24-,25+,26+,27-,28+,29-,30-,31-,32-,33-,34-,35-,36+,37+,38+,39-,40-,41+,42-,43-,44-,45-,46+,47-,48-,49-,50+,51-,52+,53-,54-,55-,56-,57-,58-/m0/s1. The van der Waals surface area contributed by atoms with E-state index in [2.05, 4.69) is 26.1 Å². The predicted octanol–water partition coefficient (Wildman–Crippen LogP) is -6.36. The Morgan fingerprint density at radius 3 is 1.68 bits per heavy atom. The number of carbonyl (C=O) groups is 1. The Hall–Kier alpha value is -1.65. The highest BCUT2D eigenvalue weighted by Crippen LogP contribution is 2.71. The summed E-state index contributed by atoms with van der Waals surface area (Å²) in [5.74, 6) is 0.294. The van der Waals surface area contributed by atoms with Crippen molar-refractivity contribution in [3.8, 4) is 0 Å². The molecule has 506 valence electrons. The molecule has 0 amide bonds. The third kappa shape index (κ3) is 11.7. The van der Waals surface area contributed by atoms with Gasteiger partial charge in [0, 0.05) is 19.4 Å². The van der Waals surface area contributed by atoms with E-state index in [1.807, 2.05) is 6.92 Å². The van der Waals surface area contributed by atoms with Crippen molar-refractivity contribution >= 4 is 5.97 Å². The van der Waals surface area contributed by atoms with Gasteiger partial charge in [0.2, 0.25) is 0 Å². The second-order valence-corrected chi connectivity index (χ2v) is 27.6. The summed E-state index contributed by atoms with van der Waals surface area (Å²) in [4.78, 5) is 13.0. The molecule has 1 spiro atoms. The molecule has 88 heavy (non-hydrogen) atoms. The first-order valence-corrected chi connectivity index (χ1v) is 31.5. The maximum Gasteiger partial charge on any atom is 0.303 e. The molecule has 0 aromatic rings. The van der Waals surface area contributed by atoms with E-state index in [9.17, 15) is 86.5 Å². The minimum Gasteiger partial charge on any atom is -0.455 e. The van der Waals surface area contributed by atoms with Crippen LogP contribution in [0.15, 0.2) is 0 Å². The smallest absolute Gasteiger partial charge is 0.303 e. The Bertz CT molecular complexity index is 2350. The number of esters is 1. The first-order chi connectivity index (χ1) is 41.7. The van der Waals surface area contributed by atoms with E-state index in [1.54, 1.807) is 0 Å². The molecule has 7 aliphatic heterocycles. The number of nitrogens with one attached hydrogen (secondary N) is 1. The van der Waals surface area contributed by atoms with Gasteiger partial charge in [-0.2, -0.15) is 0 Å². The molecule has 11 rings (SSSR count). The molecule has 7 heterocycles. The fraction of sp³-hybridized carbons (Fsp3) is 0.983. The zero-order valence-corrected chi connectivity index (χ0v) is 50.1. The molecule has 38 atom stereocenters. The Morgan fingerprint density at radius 1 is 0.523 bits per heavy atom. The Labute approximate surface area is 508 Å². The average molecular weight is 1270 g/mol. The fourth-order valence-corrected chi connectivity index (χ4v) is 18.0. The van der Waals surface area contributed by atoms with Crippen LogP contribution < -0.4 is 5.32 Å². The van der Waals surface area contributed by atoms with Gasteiger partial charge in [-0.3, -0.25) is 10.1 Å². The summed E-state index contributed by atoms with van der Waals surface area (Å²) < 4.78 is 73.6. The predicted molar refractivity (Wildman–Crippen MR) is 289 cm³/mol. The molecule has 17 N–H and O–H groups in total. The van der Waals surface area contributed by atoms with Crippen molar-refractivity contribution in [2.75, 3.05) is 39.6 Å². The molecule has 11 fully saturated rings. The highest BCUT2D eigenvalue weighted by atomic mass is 16.8. The molecule has 0 radical (unpaired) electrons. The molecular formula is C58H95NO29. The van der Waals surface area contributed by atoms with E-state index in [0.29, 0.717) is 37.1 Å². The zero-order valence-electron chi connectivity index (χ0n) is 50.1. The maximum atomic E-state index is 13.0. The topological polar surface area (TPSA) is 464 Å². The summed E-state index contributed by atoms with van der Waals surface area (Å²) in [5.41, 5.74) is -1.41. The van der Waals surface area contributed by atoms with Crippen LogP contribution in [0, 0.1) is 52.3 Å². The lowest BCUT2D eigenvalue weighted by Crippen LogP contribution is -2.71. The minimum atomic E-state index is -2.03. The number of piperidine rings is 1. The van der Waals surface area contributed by atoms with Crippen LogP contribution in [-0.4, -0.2) is 305 Å². The number of aliphatic hydroxyl groups excluding tert-OH is 16. The van der Waals surface area contributed by atoms with Crippen molar-refractivity contribution in [2.45, 2.75) is 264 Å². The minimum absolute atomic E-state index is 0.0616. The van der Waals surface area contributed by atoms with Crippen LogP contribution in [0.3, 0.4) is 0 Å². The molecule has 4 saturated carbocycles. The summed E-state index contributed by atoms with van der Waals surface area (Å²) in [5, 5.41) is 176. The van der Waals surface area contributed by atoms with E-state index in [1.165, 1.54) is 6.92 Å². The third-order valence-corrected chi connectivity index (χ3v) is 22.8. The van der Waals surface area contributed by atoms with Gasteiger partial charge >= 0.3 is 5.97 Å². The second kappa shape index (κ2) is 26.5. The van der Waals surface area contributed by atoms with E-state index < -0.39 is 210 Å². The third-order valence-electron chi connectivity index (χ3n) is 22.8. The van der Waals surface area contributed by atoms with Gasteiger partial charge in [-0.1, -0.05) is 27.7 Å². The van der Waals surface area contributed by atoms with Crippen molar-refractivity contribution in [3.63, 3.8) is 0 Å². The number of ether oxygens (including phenoxy) is 12. The van der Waals surface area contributed by atoms with Gasteiger partial charge in [0.05, 0.1) is 45.2 Å². The number of hydrogen-bond donors (Lipinski definition) is 17. The summed E-state index contributed by atoms with van der Waals surface area (Å²) in [6, 6.07) is 0. The van der Waals surface area contributed by atoms with Crippen LogP contribution in [0.1, 0.15) is 86.0 Å². The van der Waals surface area contributed by atoms with Crippen molar-refractivity contribution in [2.24, 2.45) is 52.3 Å². The van der Waals surface area contributed by atoms with Gasteiger partial charge in [0.15, 0.2) is 43.3 Å². The fourth-order valence-electron chi connectivity index (χ4n) is 18.0. The highest BCUT2D eigenvalue weighted by molar-refractivity contribution is 5.66. The Balaban J connectivity index is 0.751.